The van der Waals surface area contributed by atoms with Gasteiger partial charge in [0.2, 0.25) is 0 Å². The largest absolute Gasteiger partial charge is 0.456 e. The van der Waals surface area contributed by atoms with Crippen LogP contribution in [0.1, 0.15) is 72.6 Å². The van der Waals surface area contributed by atoms with E-state index in [4.69, 9.17) is 16.2 Å². The Balaban J connectivity index is 2.24. The Morgan fingerprint density at radius 1 is 0.853 bits per heavy atom. The summed E-state index contributed by atoms with van der Waals surface area (Å²) in [6.45, 7) is 8.28. The molecule has 0 saturated heterocycles. The summed E-state index contributed by atoms with van der Waals surface area (Å²) in [5.41, 5.74) is 18.9. The van der Waals surface area contributed by atoms with Crippen LogP contribution in [0, 0.1) is 0 Å². The molecule has 6 nitrogen and oxygen atoms in total. The molecule has 0 saturated carbocycles. The lowest BCUT2D eigenvalue weighted by Gasteiger charge is -2.35. The van der Waals surface area contributed by atoms with E-state index in [1.165, 1.54) is 11.1 Å². The molecule has 0 amide bonds. The fourth-order valence-corrected chi connectivity index (χ4v) is 6.26. The number of hydrogen-bond donors (Lipinski definition) is 3. The highest BCUT2D eigenvalue weighted by Crippen LogP contribution is 2.56. The van der Waals surface area contributed by atoms with Crippen LogP contribution in [0.3, 0.4) is 0 Å². The summed E-state index contributed by atoms with van der Waals surface area (Å²) in [5.74, 6) is 0.633. The molecule has 0 fully saturated rings. The number of fused-ring (bicyclic) bond motifs is 2. The predicted octanol–water partition coefficient (Wildman–Crippen LogP) is 5.63. The first-order valence-corrected chi connectivity index (χ1v) is 13.2. The molecule has 0 aliphatic carbocycles. The van der Waals surface area contributed by atoms with Gasteiger partial charge in [0.05, 0.1) is 11.4 Å². The van der Waals surface area contributed by atoms with Crippen LogP contribution in [0.25, 0.3) is 0 Å². The van der Waals surface area contributed by atoms with Gasteiger partial charge in [-0.15, -0.1) is 0 Å². The molecule has 1 unspecified atom stereocenters. The molecular weight excluding hydrogens is 448 g/mol. The summed E-state index contributed by atoms with van der Waals surface area (Å²) in [5, 5.41) is 0. The Hall–Kier alpha value is -3.03. The van der Waals surface area contributed by atoms with E-state index >= 15 is 0 Å². The van der Waals surface area contributed by atoms with Gasteiger partial charge >= 0.3 is 0 Å². The van der Waals surface area contributed by atoms with Gasteiger partial charge in [0, 0.05) is 22.6 Å². The quantitative estimate of drug-likeness (QED) is 0.243. The van der Waals surface area contributed by atoms with Crippen molar-refractivity contribution in [1.29, 1.82) is 0 Å². The molecule has 34 heavy (non-hydrogen) atoms. The van der Waals surface area contributed by atoms with E-state index < -0.39 is 16.0 Å². The second kappa shape index (κ2) is 8.96. The first-order valence-electron chi connectivity index (χ1n) is 11.8. The van der Waals surface area contributed by atoms with Crippen molar-refractivity contribution in [2.24, 2.45) is 0 Å². The van der Waals surface area contributed by atoms with Gasteiger partial charge < -0.3 is 16.2 Å². The van der Waals surface area contributed by atoms with E-state index in [-0.39, 0.29) is 16.3 Å². The SMILES string of the molecule is CCc1cc2c(c(CC)c1CC)Oc1c(CC)c(N)c(N)c(S(=O)(=O)O)c1C2c1ccccc1. The van der Waals surface area contributed by atoms with Crippen molar-refractivity contribution >= 4 is 21.5 Å². The van der Waals surface area contributed by atoms with Crippen LogP contribution in [-0.2, 0) is 35.8 Å². The van der Waals surface area contributed by atoms with E-state index in [1.807, 2.05) is 37.3 Å². The lowest BCUT2D eigenvalue weighted by molar-refractivity contribution is 0.434. The Labute approximate surface area is 201 Å². The number of nitrogens with two attached hydrogens (primary N) is 2. The predicted molar refractivity (Wildman–Crippen MR) is 136 cm³/mol. The zero-order chi connectivity index (χ0) is 24.8. The molecule has 1 atom stereocenters. The third-order valence-electron chi connectivity index (χ3n) is 6.88. The van der Waals surface area contributed by atoms with Gasteiger partial charge in [0.15, 0.2) is 0 Å². The number of aryl methyl sites for hydroxylation is 1. The average molecular weight is 481 g/mol. The summed E-state index contributed by atoms with van der Waals surface area (Å²) >= 11 is 0. The number of nitrogen functional groups attached to an aromatic ring is 2. The van der Waals surface area contributed by atoms with Crippen molar-refractivity contribution in [2.75, 3.05) is 11.5 Å². The smallest absolute Gasteiger partial charge is 0.297 e. The fourth-order valence-electron chi connectivity index (χ4n) is 5.39. The van der Waals surface area contributed by atoms with Gasteiger partial charge in [-0.05, 0) is 47.9 Å². The number of hydrogen-bond acceptors (Lipinski definition) is 5. The molecule has 0 aromatic heterocycles. The second-order valence-corrected chi connectivity index (χ2v) is 9.98. The van der Waals surface area contributed by atoms with Crippen molar-refractivity contribution < 1.29 is 17.7 Å². The lowest BCUT2D eigenvalue weighted by Crippen LogP contribution is -2.22. The molecule has 0 radical (unpaired) electrons. The van der Waals surface area contributed by atoms with Crippen LogP contribution in [0.5, 0.6) is 11.5 Å². The van der Waals surface area contributed by atoms with Crippen LogP contribution < -0.4 is 16.2 Å². The summed E-state index contributed by atoms with van der Waals surface area (Å²) in [6.07, 6.45) is 2.98. The normalized spacial score (nSPS) is 14.9. The van der Waals surface area contributed by atoms with Gasteiger partial charge in [-0.2, -0.15) is 8.42 Å². The molecule has 3 aromatic carbocycles. The van der Waals surface area contributed by atoms with Crippen molar-refractivity contribution in [3.63, 3.8) is 0 Å². The molecule has 0 spiro atoms. The maximum absolute atomic E-state index is 12.7. The van der Waals surface area contributed by atoms with Crippen LogP contribution in [0.15, 0.2) is 41.3 Å². The standard InChI is InChI=1S/C27H32N2O4S/c1-5-15-14-20-21(16-12-10-9-11-13-16)22-26(33-25(20)18(7-3)17(15)6-2)19(8-4)23(28)24(29)27(22)34(30,31)32/h9-14,21H,5-8,28-29H2,1-4H3,(H,30,31,32). The number of benzene rings is 3. The van der Waals surface area contributed by atoms with Gasteiger partial charge in [-0.25, -0.2) is 0 Å². The van der Waals surface area contributed by atoms with Crippen molar-refractivity contribution in [3.8, 4) is 11.5 Å². The number of anilines is 2. The van der Waals surface area contributed by atoms with Crippen molar-refractivity contribution in [2.45, 2.75) is 64.2 Å². The van der Waals surface area contributed by atoms with Crippen molar-refractivity contribution in [3.05, 3.63) is 75.3 Å². The summed E-state index contributed by atoms with van der Waals surface area (Å²) in [4.78, 5) is -0.368. The first-order chi connectivity index (χ1) is 16.2. The van der Waals surface area contributed by atoms with E-state index in [9.17, 15) is 13.0 Å². The highest BCUT2D eigenvalue weighted by molar-refractivity contribution is 7.86. The molecule has 7 heteroatoms. The maximum Gasteiger partial charge on any atom is 0.297 e. The maximum atomic E-state index is 12.7. The van der Waals surface area contributed by atoms with E-state index in [0.717, 1.165) is 41.7 Å². The van der Waals surface area contributed by atoms with Crippen LogP contribution in [0.2, 0.25) is 0 Å². The topological polar surface area (TPSA) is 116 Å². The highest BCUT2D eigenvalue weighted by atomic mass is 32.2. The minimum absolute atomic E-state index is 0.128. The van der Waals surface area contributed by atoms with Gasteiger partial charge in [0.1, 0.15) is 16.4 Å². The zero-order valence-electron chi connectivity index (χ0n) is 20.1. The molecule has 180 valence electrons. The van der Waals surface area contributed by atoms with Crippen LogP contribution >= 0.6 is 0 Å². The molecule has 4 rings (SSSR count). The van der Waals surface area contributed by atoms with Gasteiger partial charge in [0.25, 0.3) is 10.1 Å². The molecule has 3 aromatic rings. The summed E-state index contributed by atoms with van der Waals surface area (Å²) < 4.78 is 42.2. The molecule has 5 N–H and O–H groups in total. The zero-order valence-corrected chi connectivity index (χ0v) is 20.9. The third-order valence-corrected chi connectivity index (χ3v) is 7.83. The fraction of sp³-hybridized carbons (Fsp3) is 0.333. The lowest BCUT2D eigenvalue weighted by atomic mass is 9.77. The van der Waals surface area contributed by atoms with Gasteiger partial charge in [-0.1, -0.05) is 64.1 Å². The first kappa shape index (κ1) is 24.1. The molecule has 0 bridgehead atoms. The van der Waals surface area contributed by atoms with E-state index in [2.05, 4.69) is 26.8 Å². The molecule has 1 heterocycles. The Kier molecular flexibility index (Phi) is 6.36. The number of rotatable bonds is 6. The minimum Gasteiger partial charge on any atom is -0.456 e. The molecule has 1 aliphatic rings. The molecule has 1 aliphatic heterocycles. The Morgan fingerprint density at radius 3 is 2.00 bits per heavy atom. The molecular formula is C27H32N2O4S. The minimum atomic E-state index is -4.70. The third kappa shape index (κ3) is 3.63. The monoisotopic (exact) mass is 480 g/mol. The van der Waals surface area contributed by atoms with E-state index in [0.29, 0.717) is 23.3 Å². The number of ether oxygens (including phenoxy) is 1. The summed E-state index contributed by atoms with van der Waals surface area (Å²) in [7, 11) is -4.70. The van der Waals surface area contributed by atoms with Gasteiger partial charge in [-0.3, -0.25) is 4.55 Å². The van der Waals surface area contributed by atoms with Crippen LogP contribution in [-0.4, -0.2) is 13.0 Å². The van der Waals surface area contributed by atoms with E-state index in [1.54, 1.807) is 0 Å². The van der Waals surface area contributed by atoms with Crippen molar-refractivity contribution in [1.82, 2.24) is 0 Å². The Bertz CT molecular complexity index is 1370. The summed E-state index contributed by atoms with van der Waals surface area (Å²) in [6, 6.07) is 11.8. The Morgan fingerprint density at radius 2 is 1.47 bits per heavy atom. The average Bonchev–Trinajstić information content (AvgIpc) is 2.82. The second-order valence-electron chi connectivity index (χ2n) is 8.62. The van der Waals surface area contributed by atoms with Crippen LogP contribution in [0.4, 0.5) is 11.4 Å². The highest BCUT2D eigenvalue weighted by Gasteiger charge is 2.40.